The van der Waals surface area contributed by atoms with Crippen molar-refractivity contribution in [3.8, 4) is 0 Å². The van der Waals surface area contributed by atoms with Gasteiger partial charge in [-0.3, -0.25) is 19.6 Å². The Balaban J connectivity index is 1.44. The third-order valence-electron chi connectivity index (χ3n) is 8.25. The van der Waals surface area contributed by atoms with E-state index in [1.54, 1.807) is 24.0 Å². The average molecular weight is 552 g/mol. The number of amides is 1. The molecule has 206 valence electrons. The summed E-state index contributed by atoms with van der Waals surface area (Å²) in [6.07, 6.45) is 1.77. The molecule has 3 heterocycles. The summed E-state index contributed by atoms with van der Waals surface area (Å²) in [4.78, 5) is 37.6. The number of hydrogen-bond acceptors (Lipinski definition) is 8. The number of aromatic nitrogens is 3. The predicted octanol–water partition coefficient (Wildman–Crippen LogP) is 3.18. The highest BCUT2D eigenvalue weighted by atomic mass is 28.4. The number of non-ortho nitro benzene ring substituents is 1. The Morgan fingerprint density at radius 1 is 1.23 bits per heavy atom. The normalized spacial score (nSPS) is 25.3. The lowest BCUT2D eigenvalue weighted by atomic mass is 9.82. The van der Waals surface area contributed by atoms with E-state index in [4.69, 9.17) is 4.74 Å². The van der Waals surface area contributed by atoms with E-state index in [-0.39, 0.29) is 29.7 Å². The number of nitro groups is 1. The third-order valence-corrected chi connectivity index (χ3v) is 10.8. The van der Waals surface area contributed by atoms with Gasteiger partial charge in [-0.15, -0.1) is 5.10 Å². The third kappa shape index (κ3) is 4.46. The zero-order valence-electron chi connectivity index (χ0n) is 22.4. The highest BCUT2D eigenvalue weighted by molar-refractivity contribution is 6.71. The molecule has 2 aromatic carbocycles. The highest BCUT2D eigenvalue weighted by Gasteiger charge is 2.65. The fourth-order valence-electron chi connectivity index (χ4n) is 6.45. The summed E-state index contributed by atoms with van der Waals surface area (Å²) in [6, 6.07) is 14.0. The van der Waals surface area contributed by atoms with E-state index in [1.165, 1.54) is 17.0 Å². The molecule has 0 bridgehead atoms. The van der Waals surface area contributed by atoms with Gasteiger partial charge in [-0.1, -0.05) is 42.5 Å². The van der Waals surface area contributed by atoms with Gasteiger partial charge in [0.1, 0.15) is 0 Å². The van der Waals surface area contributed by atoms with Gasteiger partial charge in [-0.05, 0) is 31.1 Å². The molecule has 12 heteroatoms. The Labute approximate surface area is 227 Å². The second kappa shape index (κ2) is 9.94. The molecule has 1 aromatic heterocycles. The van der Waals surface area contributed by atoms with Gasteiger partial charge >= 0.3 is 0 Å². The number of aryl methyl sites for hydroxylation is 1. The molecule has 1 spiro atoms. The van der Waals surface area contributed by atoms with Gasteiger partial charge in [-0.2, -0.15) is 0 Å². The van der Waals surface area contributed by atoms with Crippen LogP contribution in [0.1, 0.15) is 36.1 Å². The molecule has 0 saturated carbocycles. The Morgan fingerprint density at radius 3 is 2.59 bits per heavy atom. The summed E-state index contributed by atoms with van der Waals surface area (Å²) < 4.78 is 8.32. The zero-order valence-corrected chi connectivity index (χ0v) is 23.4. The lowest BCUT2D eigenvalue weighted by Crippen LogP contribution is -2.45. The minimum absolute atomic E-state index is 0.109. The number of aliphatic hydroxyl groups is 1. The van der Waals surface area contributed by atoms with Crippen molar-refractivity contribution >= 4 is 25.6 Å². The molecule has 5 atom stereocenters. The van der Waals surface area contributed by atoms with Crippen molar-refractivity contribution < 1.29 is 24.4 Å². The van der Waals surface area contributed by atoms with Crippen LogP contribution in [-0.4, -0.2) is 63.8 Å². The van der Waals surface area contributed by atoms with Crippen LogP contribution in [0.3, 0.4) is 0 Å². The fraction of sp³-hybridized carbons (Fsp3) is 0.444. The van der Waals surface area contributed by atoms with Crippen LogP contribution in [0, 0.1) is 16.0 Å². The van der Waals surface area contributed by atoms with Gasteiger partial charge in [-0.25, -0.2) is 0 Å². The summed E-state index contributed by atoms with van der Waals surface area (Å²) in [5.74, 6) is -0.995. The Hall–Kier alpha value is -3.45. The first kappa shape index (κ1) is 27.1. The second-order valence-corrected chi connectivity index (χ2v) is 15.0. The smallest absolute Gasteiger partial charge is 0.269 e. The molecule has 3 aromatic rings. The first-order valence-corrected chi connectivity index (χ1v) is 16.0. The number of fused-ring (bicyclic) bond motifs is 2. The van der Waals surface area contributed by atoms with Crippen molar-refractivity contribution in [1.29, 1.82) is 0 Å². The number of carbonyl (C=O) groups excluding carboxylic acids is 1. The standard InChI is InChI=1S/C27H33N5O6Si/c1-17-25(39(3,4)37)24(12-13-31-15-22(28-29-31)20(16-33)18-8-6-5-7-9-18)38-27(17)21-14-19(32(35)36)10-11-23(21)30(2)26(27)34/h5-11,14-15,17,20,24-25,33,37H,12-13,16H2,1-4H3/t17-,20?,24+,25-,27+/m0/s1. The van der Waals surface area contributed by atoms with Crippen LogP contribution in [0.15, 0.2) is 54.7 Å². The Bertz CT molecular complexity index is 1390. The van der Waals surface area contributed by atoms with Crippen molar-refractivity contribution in [3.63, 3.8) is 0 Å². The molecule has 1 amide bonds. The van der Waals surface area contributed by atoms with Gasteiger partial charge in [0.25, 0.3) is 11.6 Å². The number of carbonyl (C=O) groups is 1. The average Bonchev–Trinajstić information content (AvgIpc) is 3.55. The molecule has 0 aliphatic carbocycles. The van der Waals surface area contributed by atoms with E-state index < -0.39 is 30.9 Å². The van der Waals surface area contributed by atoms with E-state index >= 15 is 0 Å². The molecule has 5 rings (SSSR count). The molecule has 2 aliphatic heterocycles. The number of rotatable bonds is 8. The van der Waals surface area contributed by atoms with Gasteiger partial charge < -0.3 is 19.5 Å². The summed E-state index contributed by atoms with van der Waals surface area (Å²) in [7, 11) is -1.22. The number of likely N-dealkylation sites (N-methyl/N-ethyl adjacent to an activating group) is 1. The minimum atomic E-state index is -2.86. The summed E-state index contributed by atoms with van der Waals surface area (Å²) in [5.41, 5.74) is 0.790. The summed E-state index contributed by atoms with van der Waals surface area (Å²) in [5, 5.41) is 30.1. The number of aliphatic hydroxyl groups excluding tert-OH is 1. The lowest BCUT2D eigenvalue weighted by Gasteiger charge is -2.32. The maximum atomic E-state index is 13.7. The van der Waals surface area contributed by atoms with Crippen LogP contribution in [-0.2, 0) is 21.7 Å². The van der Waals surface area contributed by atoms with E-state index in [0.717, 1.165) is 5.56 Å². The van der Waals surface area contributed by atoms with E-state index in [1.807, 2.05) is 50.3 Å². The SMILES string of the molecule is C[C@H]1[C@H]([Si](C)(C)O)[C@@H](CCn2cc(C(CO)c3ccccc3)nn2)O[C@]12C(=O)N(C)c1ccc([N+](=O)[O-])cc12. The quantitative estimate of drug-likeness (QED) is 0.247. The molecule has 0 radical (unpaired) electrons. The number of ether oxygens (including phenoxy) is 1. The van der Waals surface area contributed by atoms with Crippen LogP contribution < -0.4 is 4.90 Å². The van der Waals surface area contributed by atoms with Gasteiger partial charge in [0.05, 0.1) is 34.9 Å². The van der Waals surface area contributed by atoms with Crippen molar-refractivity contribution in [1.82, 2.24) is 15.0 Å². The topological polar surface area (TPSA) is 144 Å². The van der Waals surface area contributed by atoms with Crippen molar-refractivity contribution in [2.24, 2.45) is 5.92 Å². The number of nitrogens with zero attached hydrogens (tertiary/aromatic N) is 5. The van der Waals surface area contributed by atoms with Crippen molar-refractivity contribution in [3.05, 3.63) is 81.7 Å². The number of anilines is 1. The van der Waals surface area contributed by atoms with Crippen LogP contribution >= 0.6 is 0 Å². The van der Waals surface area contributed by atoms with E-state index in [2.05, 4.69) is 10.3 Å². The summed E-state index contributed by atoms with van der Waals surface area (Å²) in [6.45, 7) is 5.87. The van der Waals surface area contributed by atoms with Crippen molar-refractivity contribution in [2.45, 2.75) is 56.1 Å². The van der Waals surface area contributed by atoms with Crippen LogP contribution in [0.25, 0.3) is 0 Å². The minimum Gasteiger partial charge on any atom is -0.432 e. The molecule has 1 fully saturated rings. The van der Waals surface area contributed by atoms with E-state index in [9.17, 15) is 24.8 Å². The first-order chi connectivity index (χ1) is 18.5. The van der Waals surface area contributed by atoms with Gasteiger partial charge in [0, 0.05) is 48.9 Å². The largest absolute Gasteiger partial charge is 0.432 e. The summed E-state index contributed by atoms with van der Waals surface area (Å²) >= 11 is 0. The van der Waals surface area contributed by atoms with Crippen molar-refractivity contribution in [2.75, 3.05) is 18.6 Å². The molecule has 2 aliphatic rings. The molecule has 2 N–H and O–H groups in total. The van der Waals surface area contributed by atoms with Crippen LogP contribution in [0.4, 0.5) is 11.4 Å². The molecule has 11 nitrogen and oxygen atoms in total. The maximum Gasteiger partial charge on any atom is 0.269 e. The molecular weight excluding hydrogens is 518 g/mol. The lowest BCUT2D eigenvalue weighted by molar-refractivity contribution is -0.385. The Morgan fingerprint density at radius 2 is 1.95 bits per heavy atom. The highest BCUT2D eigenvalue weighted by Crippen LogP contribution is 2.59. The monoisotopic (exact) mass is 551 g/mol. The fourth-order valence-corrected chi connectivity index (χ4v) is 9.05. The predicted molar refractivity (Wildman–Crippen MR) is 146 cm³/mol. The number of benzene rings is 2. The zero-order chi connectivity index (χ0) is 28.1. The number of hydrogen-bond donors (Lipinski definition) is 2. The van der Waals surface area contributed by atoms with Crippen LogP contribution in [0.5, 0.6) is 0 Å². The van der Waals surface area contributed by atoms with Crippen LogP contribution in [0.2, 0.25) is 18.6 Å². The molecule has 1 unspecified atom stereocenters. The van der Waals surface area contributed by atoms with Gasteiger partial charge in [0.15, 0.2) is 13.9 Å². The van der Waals surface area contributed by atoms with E-state index in [0.29, 0.717) is 29.9 Å². The van der Waals surface area contributed by atoms with Gasteiger partial charge in [0.2, 0.25) is 0 Å². The molecular formula is C27H33N5O6Si. The molecule has 1 saturated heterocycles. The number of nitro benzene ring substituents is 1. The maximum absolute atomic E-state index is 13.7. The first-order valence-electron chi connectivity index (χ1n) is 13.0. The Kier molecular flexibility index (Phi) is 6.91. The molecule has 39 heavy (non-hydrogen) atoms. The second-order valence-electron chi connectivity index (χ2n) is 11.0.